The van der Waals surface area contributed by atoms with Crippen LogP contribution in [-0.4, -0.2) is 21.6 Å². The first-order valence-electron chi connectivity index (χ1n) is 5.79. The predicted octanol–water partition coefficient (Wildman–Crippen LogP) is 2.81. The van der Waals surface area contributed by atoms with E-state index in [0.29, 0.717) is 17.3 Å². The zero-order valence-electron chi connectivity index (χ0n) is 10.2. The molecule has 0 spiro atoms. The van der Waals surface area contributed by atoms with Gasteiger partial charge in [0.15, 0.2) is 5.65 Å². The highest BCUT2D eigenvalue weighted by molar-refractivity contribution is 5.77. The van der Waals surface area contributed by atoms with Crippen molar-refractivity contribution in [3.05, 3.63) is 36.4 Å². The minimum Gasteiger partial charge on any atom is -0.435 e. The zero-order chi connectivity index (χ0) is 14.1. The number of ether oxygens (including phenoxy) is 1. The average molecular weight is 276 g/mol. The van der Waals surface area contributed by atoms with Gasteiger partial charge in [0, 0.05) is 5.56 Å². The maximum atomic E-state index is 12.1. The van der Waals surface area contributed by atoms with E-state index in [9.17, 15) is 8.78 Å². The average Bonchev–Trinajstić information content (AvgIpc) is 2.81. The van der Waals surface area contributed by atoms with Gasteiger partial charge in [0.1, 0.15) is 17.4 Å². The highest BCUT2D eigenvalue weighted by atomic mass is 19.3. The Morgan fingerprint density at radius 2 is 1.80 bits per heavy atom. The number of anilines is 1. The Hall–Kier alpha value is -2.70. The number of pyridine rings is 1. The molecule has 3 rings (SSSR count). The molecule has 20 heavy (non-hydrogen) atoms. The molecule has 0 aliphatic heterocycles. The van der Waals surface area contributed by atoms with E-state index in [1.807, 2.05) is 0 Å². The van der Waals surface area contributed by atoms with Crippen LogP contribution in [0.5, 0.6) is 5.75 Å². The first-order chi connectivity index (χ1) is 9.61. The first kappa shape index (κ1) is 12.3. The number of rotatable bonds is 3. The molecule has 3 aromatic rings. The minimum atomic E-state index is -2.83. The quantitative estimate of drug-likeness (QED) is 0.771. The number of aromatic nitrogens is 3. The third-order valence-corrected chi connectivity index (χ3v) is 2.72. The van der Waals surface area contributed by atoms with Gasteiger partial charge in [-0.2, -0.15) is 8.78 Å². The number of aromatic amines is 1. The number of nitrogens with one attached hydrogen (secondary N) is 1. The van der Waals surface area contributed by atoms with Gasteiger partial charge >= 0.3 is 6.61 Å². The van der Waals surface area contributed by atoms with Crippen LogP contribution >= 0.6 is 0 Å². The van der Waals surface area contributed by atoms with Gasteiger partial charge in [0.25, 0.3) is 0 Å². The largest absolute Gasteiger partial charge is 0.435 e. The second-order valence-corrected chi connectivity index (χ2v) is 4.10. The van der Waals surface area contributed by atoms with Gasteiger partial charge in [-0.05, 0) is 36.4 Å². The van der Waals surface area contributed by atoms with Crippen molar-refractivity contribution < 1.29 is 13.5 Å². The molecule has 0 aliphatic rings. The number of alkyl halides is 2. The van der Waals surface area contributed by atoms with Crippen molar-refractivity contribution in [3.8, 4) is 17.1 Å². The molecule has 5 nitrogen and oxygen atoms in total. The van der Waals surface area contributed by atoms with E-state index < -0.39 is 6.61 Å². The van der Waals surface area contributed by atoms with Gasteiger partial charge in [-0.3, -0.25) is 0 Å². The third kappa shape index (κ3) is 2.37. The summed E-state index contributed by atoms with van der Waals surface area (Å²) in [4.78, 5) is 11.5. The SMILES string of the molecule is Nc1ccc2[nH]c(-c3ccc(OC(F)F)cc3)nc2n1. The predicted molar refractivity (Wildman–Crippen MR) is 70.4 cm³/mol. The molecule has 2 heterocycles. The van der Waals surface area contributed by atoms with E-state index in [1.165, 1.54) is 12.1 Å². The standard InChI is InChI=1S/C13H10F2N4O/c14-13(15)20-8-3-1-7(2-4-8)11-17-9-5-6-10(16)18-12(9)19-11/h1-6,13H,(H3,16,17,18,19). The second-order valence-electron chi connectivity index (χ2n) is 4.10. The Bertz CT molecular complexity index is 740. The zero-order valence-corrected chi connectivity index (χ0v) is 10.2. The van der Waals surface area contributed by atoms with Gasteiger partial charge in [-0.25, -0.2) is 9.97 Å². The van der Waals surface area contributed by atoms with Crippen LogP contribution in [0.2, 0.25) is 0 Å². The highest BCUT2D eigenvalue weighted by Gasteiger charge is 2.08. The number of nitrogens with zero attached hydrogens (tertiary/aromatic N) is 2. The van der Waals surface area contributed by atoms with Gasteiger partial charge in [-0.15, -0.1) is 0 Å². The van der Waals surface area contributed by atoms with Crippen LogP contribution in [0.3, 0.4) is 0 Å². The van der Waals surface area contributed by atoms with Gasteiger partial charge < -0.3 is 15.5 Å². The summed E-state index contributed by atoms with van der Waals surface area (Å²) in [5.41, 5.74) is 7.58. The summed E-state index contributed by atoms with van der Waals surface area (Å²) >= 11 is 0. The molecule has 0 fully saturated rings. The van der Waals surface area contributed by atoms with Crippen molar-refractivity contribution in [2.75, 3.05) is 5.73 Å². The fourth-order valence-corrected chi connectivity index (χ4v) is 1.84. The van der Waals surface area contributed by atoms with Crippen molar-refractivity contribution in [3.63, 3.8) is 0 Å². The summed E-state index contributed by atoms with van der Waals surface area (Å²) in [6.07, 6.45) is 0. The Morgan fingerprint density at radius 1 is 1.05 bits per heavy atom. The lowest BCUT2D eigenvalue weighted by atomic mass is 10.2. The number of nitrogen functional groups attached to an aromatic ring is 1. The number of nitrogens with two attached hydrogens (primary N) is 1. The summed E-state index contributed by atoms with van der Waals surface area (Å²) in [5.74, 6) is 1.07. The number of fused-ring (bicyclic) bond motifs is 1. The third-order valence-electron chi connectivity index (χ3n) is 2.72. The molecule has 0 saturated carbocycles. The van der Waals surface area contributed by atoms with Crippen molar-refractivity contribution in [1.29, 1.82) is 0 Å². The van der Waals surface area contributed by atoms with Crippen molar-refractivity contribution in [1.82, 2.24) is 15.0 Å². The van der Waals surface area contributed by atoms with Crippen LogP contribution in [0.15, 0.2) is 36.4 Å². The molecule has 0 unspecified atom stereocenters. The Kier molecular flexibility index (Phi) is 2.94. The summed E-state index contributed by atoms with van der Waals surface area (Å²) in [7, 11) is 0. The van der Waals surface area contributed by atoms with Gasteiger partial charge in [0.05, 0.1) is 5.52 Å². The van der Waals surface area contributed by atoms with E-state index in [0.717, 1.165) is 11.1 Å². The van der Waals surface area contributed by atoms with Crippen molar-refractivity contribution >= 4 is 17.0 Å². The fraction of sp³-hybridized carbons (Fsp3) is 0.0769. The molecule has 0 radical (unpaired) electrons. The molecular weight excluding hydrogens is 266 g/mol. The molecule has 0 atom stereocenters. The number of imidazole rings is 1. The summed E-state index contributed by atoms with van der Waals surface area (Å²) in [6.45, 7) is -2.83. The van der Waals surface area contributed by atoms with Crippen molar-refractivity contribution in [2.24, 2.45) is 0 Å². The highest BCUT2D eigenvalue weighted by Crippen LogP contribution is 2.23. The molecule has 0 aliphatic carbocycles. The van der Waals surface area contributed by atoms with E-state index >= 15 is 0 Å². The van der Waals surface area contributed by atoms with Gasteiger partial charge in [0.2, 0.25) is 0 Å². The van der Waals surface area contributed by atoms with Crippen LogP contribution in [0.4, 0.5) is 14.6 Å². The number of halogens is 2. The number of hydrogen-bond acceptors (Lipinski definition) is 4. The molecule has 1 aromatic carbocycles. The lowest BCUT2D eigenvalue weighted by Gasteiger charge is -2.04. The Balaban J connectivity index is 1.94. The number of hydrogen-bond donors (Lipinski definition) is 2. The van der Waals surface area contributed by atoms with E-state index in [4.69, 9.17) is 5.73 Å². The van der Waals surface area contributed by atoms with Crippen LogP contribution in [0.1, 0.15) is 0 Å². The molecule has 2 aromatic heterocycles. The second kappa shape index (κ2) is 4.76. The molecule has 0 amide bonds. The van der Waals surface area contributed by atoms with E-state index in [-0.39, 0.29) is 5.75 Å². The fourth-order valence-electron chi connectivity index (χ4n) is 1.84. The summed E-state index contributed by atoms with van der Waals surface area (Å²) < 4.78 is 28.4. The number of benzene rings is 1. The topological polar surface area (TPSA) is 76.8 Å². The smallest absolute Gasteiger partial charge is 0.387 e. The van der Waals surface area contributed by atoms with Crippen LogP contribution < -0.4 is 10.5 Å². The molecule has 0 bridgehead atoms. The van der Waals surface area contributed by atoms with Crippen LogP contribution in [0, 0.1) is 0 Å². The maximum absolute atomic E-state index is 12.1. The summed E-state index contributed by atoms with van der Waals surface area (Å²) in [6, 6.07) is 9.64. The Labute approximate surface area is 112 Å². The minimum absolute atomic E-state index is 0.0993. The lowest BCUT2D eigenvalue weighted by Crippen LogP contribution is -2.01. The molecule has 102 valence electrons. The molecule has 3 N–H and O–H groups in total. The molecular formula is C13H10F2N4O. The molecule has 7 heteroatoms. The first-order valence-corrected chi connectivity index (χ1v) is 5.79. The lowest BCUT2D eigenvalue weighted by molar-refractivity contribution is -0.0498. The molecule has 0 saturated heterocycles. The van der Waals surface area contributed by atoms with Crippen LogP contribution in [-0.2, 0) is 0 Å². The van der Waals surface area contributed by atoms with E-state index in [1.54, 1.807) is 24.3 Å². The van der Waals surface area contributed by atoms with Crippen molar-refractivity contribution in [2.45, 2.75) is 6.61 Å². The summed E-state index contributed by atoms with van der Waals surface area (Å²) in [5, 5.41) is 0. The van der Waals surface area contributed by atoms with Crippen LogP contribution in [0.25, 0.3) is 22.6 Å². The normalized spacial score (nSPS) is 11.2. The monoisotopic (exact) mass is 276 g/mol. The van der Waals surface area contributed by atoms with Gasteiger partial charge in [-0.1, -0.05) is 0 Å². The maximum Gasteiger partial charge on any atom is 0.387 e. The Morgan fingerprint density at radius 3 is 2.50 bits per heavy atom. The number of H-pyrrole nitrogens is 1. The van der Waals surface area contributed by atoms with E-state index in [2.05, 4.69) is 19.7 Å².